The Kier molecular flexibility index (Phi) is 4.94. The predicted octanol–water partition coefficient (Wildman–Crippen LogP) is 3.02. The summed E-state index contributed by atoms with van der Waals surface area (Å²) in [5, 5.41) is 0.771. The van der Waals surface area contributed by atoms with Crippen LogP contribution in [0.2, 0.25) is 5.02 Å². The van der Waals surface area contributed by atoms with E-state index in [1.807, 2.05) is 24.3 Å². The van der Waals surface area contributed by atoms with E-state index in [-0.39, 0.29) is 0 Å². The summed E-state index contributed by atoms with van der Waals surface area (Å²) in [5.74, 6) is 0.536. The van der Waals surface area contributed by atoms with Gasteiger partial charge in [0.25, 0.3) is 0 Å². The standard InChI is InChI=1S/C11H16ClNO/c1-9(2)8-14-13-7-10-5-3-4-6-11(10)12/h3-6,9,13H,7-8H2,1-2H3. The molecular formula is C11H16ClNO. The van der Waals surface area contributed by atoms with E-state index in [9.17, 15) is 0 Å². The van der Waals surface area contributed by atoms with Gasteiger partial charge in [0.05, 0.1) is 6.61 Å². The molecule has 0 radical (unpaired) electrons. The van der Waals surface area contributed by atoms with Crippen LogP contribution in [-0.4, -0.2) is 6.61 Å². The lowest BCUT2D eigenvalue weighted by atomic mass is 10.2. The van der Waals surface area contributed by atoms with Gasteiger partial charge in [-0.3, -0.25) is 0 Å². The van der Waals surface area contributed by atoms with Crippen LogP contribution >= 0.6 is 11.6 Å². The highest BCUT2D eigenvalue weighted by Crippen LogP contribution is 2.14. The second-order valence-corrected chi connectivity index (χ2v) is 4.02. The van der Waals surface area contributed by atoms with E-state index in [0.29, 0.717) is 19.1 Å². The molecule has 1 aromatic carbocycles. The van der Waals surface area contributed by atoms with Crippen LogP contribution in [0.1, 0.15) is 19.4 Å². The Morgan fingerprint density at radius 3 is 2.71 bits per heavy atom. The minimum atomic E-state index is 0.536. The molecule has 1 rings (SSSR count). The van der Waals surface area contributed by atoms with Gasteiger partial charge in [0, 0.05) is 11.6 Å². The van der Waals surface area contributed by atoms with Gasteiger partial charge in [0.15, 0.2) is 0 Å². The van der Waals surface area contributed by atoms with Crippen molar-refractivity contribution < 1.29 is 4.84 Å². The van der Waals surface area contributed by atoms with Crippen molar-refractivity contribution in [3.8, 4) is 0 Å². The van der Waals surface area contributed by atoms with E-state index >= 15 is 0 Å². The molecule has 1 N–H and O–H groups in total. The number of benzene rings is 1. The highest BCUT2D eigenvalue weighted by atomic mass is 35.5. The highest BCUT2D eigenvalue weighted by molar-refractivity contribution is 6.31. The van der Waals surface area contributed by atoms with Gasteiger partial charge in [-0.25, -0.2) is 0 Å². The van der Waals surface area contributed by atoms with Gasteiger partial charge < -0.3 is 4.84 Å². The van der Waals surface area contributed by atoms with Crippen molar-refractivity contribution in [2.45, 2.75) is 20.4 Å². The van der Waals surface area contributed by atoms with Gasteiger partial charge in [0.1, 0.15) is 0 Å². The average Bonchev–Trinajstić information content (AvgIpc) is 2.15. The Bertz CT molecular complexity index is 276. The third kappa shape index (κ3) is 4.09. The maximum absolute atomic E-state index is 5.97. The first-order valence-electron chi connectivity index (χ1n) is 4.78. The highest BCUT2D eigenvalue weighted by Gasteiger charge is 1.98. The Morgan fingerprint density at radius 2 is 2.07 bits per heavy atom. The van der Waals surface area contributed by atoms with Crippen LogP contribution in [0.3, 0.4) is 0 Å². The monoisotopic (exact) mass is 213 g/mol. The van der Waals surface area contributed by atoms with Crippen molar-refractivity contribution in [2.75, 3.05) is 6.61 Å². The number of hydroxylamine groups is 1. The van der Waals surface area contributed by atoms with Gasteiger partial charge in [-0.05, 0) is 17.5 Å². The Hall–Kier alpha value is -0.570. The number of hydrogen-bond donors (Lipinski definition) is 1. The zero-order valence-electron chi connectivity index (χ0n) is 8.59. The first-order valence-corrected chi connectivity index (χ1v) is 5.16. The van der Waals surface area contributed by atoms with Crippen molar-refractivity contribution >= 4 is 11.6 Å². The molecule has 14 heavy (non-hydrogen) atoms. The van der Waals surface area contributed by atoms with Crippen LogP contribution in [0.4, 0.5) is 0 Å². The molecule has 0 aliphatic heterocycles. The van der Waals surface area contributed by atoms with Gasteiger partial charge in [-0.15, -0.1) is 0 Å². The minimum Gasteiger partial charge on any atom is -0.301 e. The van der Waals surface area contributed by atoms with Crippen molar-refractivity contribution in [3.63, 3.8) is 0 Å². The predicted molar refractivity (Wildman–Crippen MR) is 59.1 cm³/mol. The lowest BCUT2D eigenvalue weighted by molar-refractivity contribution is 0.0196. The summed E-state index contributed by atoms with van der Waals surface area (Å²) in [6, 6.07) is 7.74. The van der Waals surface area contributed by atoms with Crippen LogP contribution in [0, 0.1) is 5.92 Å². The summed E-state index contributed by atoms with van der Waals surface area (Å²) in [7, 11) is 0. The van der Waals surface area contributed by atoms with Gasteiger partial charge in [-0.1, -0.05) is 43.6 Å². The molecule has 0 saturated heterocycles. The second-order valence-electron chi connectivity index (χ2n) is 3.62. The molecule has 0 aromatic heterocycles. The fourth-order valence-corrected chi connectivity index (χ4v) is 1.20. The maximum Gasteiger partial charge on any atom is 0.0705 e. The van der Waals surface area contributed by atoms with Crippen molar-refractivity contribution in [3.05, 3.63) is 34.9 Å². The van der Waals surface area contributed by atoms with Crippen molar-refractivity contribution in [1.29, 1.82) is 0 Å². The fraction of sp³-hybridized carbons (Fsp3) is 0.455. The third-order valence-electron chi connectivity index (χ3n) is 1.74. The number of nitrogens with one attached hydrogen (secondary N) is 1. The summed E-state index contributed by atoms with van der Waals surface area (Å²) < 4.78 is 0. The summed E-state index contributed by atoms with van der Waals surface area (Å²) in [6.07, 6.45) is 0. The number of rotatable bonds is 5. The zero-order chi connectivity index (χ0) is 10.4. The van der Waals surface area contributed by atoms with E-state index in [2.05, 4.69) is 19.3 Å². The van der Waals surface area contributed by atoms with E-state index in [0.717, 1.165) is 10.6 Å². The smallest absolute Gasteiger partial charge is 0.0705 e. The molecule has 0 atom stereocenters. The average molecular weight is 214 g/mol. The molecule has 0 spiro atoms. The first-order chi connectivity index (χ1) is 6.70. The van der Waals surface area contributed by atoms with Crippen LogP contribution in [0.25, 0.3) is 0 Å². The van der Waals surface area contributed by atoms with Crippen LogP contribution < -0.4 is 5.48 Å². The molecule has 78 valence electrons. The van der Waals surface area contributed by atoms with Crippen molar-refractivity contribution in [2.24, 2.45) is 5.92 Å². The van der Waals surface area contributed by atoms with Gasteiger partial charge in [-0.2, -0.15) is 5.48 Å². The topological polar surface area (TPSA) is 21.3 Å². The minimum absolute atomic E-state index is 0.536. The normalized spacial score (nSPS) is 10.9. The molecular weight excluding hydrogens is 198 g/mol. The Balaban J connectivity index is 2.28. The maximum atomic E-state index is 5.97. The molecule has 3 heteroatoms. The second kappa shape index (κ2) is 6.02. The molecule has 0 bridgehead atoms. The van der Waals surface area contributed by atoms with Crippen LogP contribution in [-0.2, 0) is 11.4 Å². The van der Waals surface area contributed by atoms with E-state index in [1.165, 1.54) is 0 Å². The Labute approximate surface area is 90.2 Å². The van der Waals surface area contributed by atoms with Crippen LogP contribution in [0.5, 0.6) is 0 Å². The number of hydrogen-bond acceptors (Lipinski definition) is 2. The van der Waals surface area contributed by atoms with Crippen molar-refractivity contribution in [1.82, 2.24) is 5.48 Å². The quantitative estimate of drug-likeness (QED) is 0.600. The molecule has 0 aliphatic carbocycles. The Morgan fingerprint density at radius 1 is 1.36 bits per heavy atom. The van der Waals surface area contributed by atoms with Crippen LogP contribution in [0.15, 0.2) is 24.3 Å². The zero-order valence-corrected chi connectivity index (χ0v) is 9.34. The van der Waals surface area contributed by atoms with Gasteiger partial charge >= 0.3 is 0 Å². The van der Waals surface area contributed by atoms with Gasteiger partial charge in [0.2, 0.25) is 0 Å². The van der Waals surface area contributed by atoms with E-state index in [1.54, 1.807) is 0 Å². The first kappa shape index (κ1) is 11.5. The molecule has 0 amide bonds. The molecule has 0 unspecified atom stereocenters. The SMILES string of the molecule is CC(C)CONCc1ccccc1Cl. The fourth-order valence-electron chi connectivity index (χ4n) is 0.996. The molecule has 1 aromatic rings. The summed E-state index contributed by atoms with van der Waals surface area (Å²) in [6.45, 7) is 5.57. The molecule has 2 nitrogen and oxygen atoms in total. The molecule has 0 saturated carbocycles. The number of halogens is 1. The molecule has 0 aliphatic rings. The molecule has 0 heterocycles. The van der Waals surface area contributed by atoms with E-state index in [4.69, 9.17) is 16.4 Å². The lowest BCUT2D eigenvalue weighted by Gasteiger charge is -2.08. The van der Waals surface area contributed by atoms with E-state index < -0.39 is 0 Å². The molecule has 0 fully saturated rings. The largest absolute Gasteiger partial charge is 0.301 e. The summed E-state index contributed by atoms with van der Waals surface area (Å²) >= 11 is 5.97. The summed E-state index contributed by atoms with van der Waals surface area (Å²) in [4.78, 5) is 5.25. The lowest BCUT2D eigenvalue weighted by Crippen LogP contribution is -2.17. The summed E-state index contributed by atoms with van der Waals surface area (Å²) in [5.41, 5.74) is 3.94. The third-order valence-corrected chi connectivity index (χ3v) is 2.11.